The van der Waals surface area contributed by atoms with Gasteiger partial charge in [-0.15, -0.1) is 11.3 Å². The van der Waals surface area contributed by atoms with Crippen LogP contribution < -0.4 is 15.5 Å². The highest BCUT2D eigenvalue weighted by Crippen LogP contribution is 2.38. The molecule has 0 saturated carbocycles. The van der Waals surface area contributed by atoms with Crippen molar-refractivity contribution in [2.75, 3.05) is 12.4 Å². The van der Waals surface area contributed by atoms with Gasteiger partial charge in [0.25, 0.3) is 0 Å². The molecule has 2 N–H and O–H groups in total. The number of ether oxygens (including phenoxy) is 2. The number of amides is 2. The van der Waals surface area contributed by atoms with E-state index in [4.69, 9.17) is 9.47 Å². The standard InChI is InChI=1S/C27H25N3O6S/c1-16-7-3-4-8-19(16)26(33)36-18-13-11-17(12-14-18)15-28-30-24(32)23(31)29-25-22(27(34)35-2)20-9-5-6-10-21(20)37-25/h3-4,7-8,11-15H,5-6,9-10H2,1-2H3,(H,29,31)(H,30,32)/b28-15+. The van der Waals surface area contributed by atoms with Crippen LogP contribution in [0.25, 0.3) is 0 Å². The molecule has 10 heteroatoms. The molecule has 9 nitrogen and oxygen atoms in total. The molecule has 2 amide bonds. The Bertz CT molecular complexity index is 1380. The van der Waals surface area contributed by atoms with Crippen LogP contribution in [0.3, 0.4) is 0 Å². The summed E-state index contributed by atoms with van der Waals surface area (Å²) < 4.78 is 10.3. The maximum atomic E-state index is 12.4. The quantitative estimate of drug-likeness (QED) is 0.167. The number of hydrazone groups is 1. The minimum Gasteiger partial charge on any atom is -0.465 e. The maximum absolute atomic E-state index is 12.4. The first-order valence-electron chi connectivity index (χ1n) is 11.6. The number of anilines is 1. The van der Waals surface area contributed by atoms with Gasteiger partial charge in [0.15, 0.2) is 0 Å². The van der Waals surface area contributed by atoms with Gasteiger partial charge in [-0.05, 0) is 79.6 Å². The summed E-state index contributed by atoms with van der Waals surface area (Å²) in [6.45, 7) is 1.83. The number of rotatable bonds is 6. The molecule has 0 saturated heterocycles. The fourth-order valence-electron chi connectivity index (χ4n) is 3.93. The first-order valence-corrected chi connectivity index (χ1v) is 12.4. The number of hydrogen-bond acceptors (Lipinski definition) is 8. The highest BCUT2D eigenvalue weighted by molar-refractivity contribution is 7.17. The Labute approximate surface area is 217 Å². The number of carbonyl (C=O) groups excluding carboxylic acids is 4. The van der Waals surface area contributed by atoms with Gasteiger partial charge in [-0.2, -0.15) is 5.10 Å². The number of carbonyl (C=O) groups is 4. The van der Waals surface area contributed by atoms with Gasteiger partial charge in [0.2, 0.25) is 0 Å². The molecular weight excluding hydrogens is 494 g/mol. The van der Waals surface area contributed by atoms with Crippen LogP contribution in [0.2, 0.25) is 0 Å². The summed E-state index contributed by atoms with van der Waals surface area (Å²) in [4.78, 5) is 50.3. The Hall–Kier alpha value is -4.31. The van der Waals surface area contributed by atoms with Gasteiger partial charge in [-0.3, -0.25) is 9.59 Å². The van der Waals surface area contributed by atoms with Crippen molar-refractivity contribution in [3.05, 3.63) is 81.2 Å². The molecule has 37 heavy (non-hydrogen) atoms. The molecule has 0 fully saturated rings. The molecule has 0 atom stereocenters. The van der Waals surface area contributed by atoms with Crippen LogP contribution in [0.15, 0.2) is 53.6 Å². The van der Waals surface area contributed by atoms with E-state index in [0.29, 0.717) is 27.4 Å². The number of esters is 2. The van der Waals surface area contributed by atoms with E-state index in [0.717, 1.165) is 41.7 Å². The molecule has 0 aliphatic heterocycles. The summed E-state index contributed by atoms with van der Waals surface area (Å²) in [5.74, 6) is -2.57. The first-order chi connectivity index (χ1) is 17.9. The average molecular weight is 520 g/mol. The Morgan fingerprint density at radius 1 is 0.946 bits per heavy atom. The van der Waals surface area contributed by atoms with Crippen LogP contribution in [0.4, 0.5) is 5.00 Å². The number of fused-ring (bicyclic) bond motifs is 1. The molecule has 1 aromatic heterocycles. The second kappa shape index (κ2) is 11.6. The number of nitrogens with one attached hydrogen (secondary N) is 2. The fraction of sp³-hybridized carbons (Fsp3) is 0.222. The number of benzene rings is 2. The number of thiophene rings is 1. The number of hydrogen-bond donors (Lipinski definition) is 2. The molecule has 3 aromatic rings. The van der Waals surface area contributed by atoms with Gasteiger partial charge in [-0.25, -0.2) is 15.0 Å². The van der Waals surface area contributed by atoms with Gasteiger partial charge in [0, 0.05) is 4.88 Å². The summed E-state index contributed by atoms with van der Waals surface area (Å²) in [5, 5.41) is 6.63. The Balaban J connectivity index is 1.34. The van der Waals surface area contributed by atoms with Gasteiger partial charge < -0.3 is 14.8 Å². The molecule has 0 radical (unpaired) electrons. The lowest BCUT2D eigenvalue weighted by Gasteiger charge is -2.11. The fourth-order valence-corrected chi connectivity index (χ4v) is 5.21. The van der Waals surface area contributed by atoms with Crippen LogP contribution in [0, 0.1) is 6.92 Å². The zero-order valence-corrected chi connectivity index (χ0v) is 21.1. The SMILES string of the molecule is COC(=O)c1c(NC(=O)C(=O)N/N=C/c2ccc(OC(=O)c3ccccc3C)cc2)sc2c1CCCC2. The monoisotopic (exact) mass is 519 g/mol. The van der Waals surface area contributed by atoms with E-state index in [1.807, 2.05) is 19.1 Å². The van der Waals surface area contributed by atoms with Crippen molar-refractivity contribution >= 4 is 46.3 Å². The van der Waals surface area contributed by atoms with Gasteiger partial charge in [0.05, 0.1) is 24.5 Å². The topological polar surface area (TPSA) is 123 Å². The first kappa shape index (κ1) is 25.8. The minimum absolute atomic E-state index is 0.304. The highest BCUT2D eigenvalue weighted by atomic mass is 32.1. The molecule has 4 rings (SSSR count). The molecule has 0 bridgehead atoms. The third-order valence-corrected chi connectivity index (χ3v) is 7.04. The molecular formula is C27H25N3O6S. The summed E-state index contributed by atoms with van der Waals surface area (Å²) >= 11 is 1.29. The summed E-state index contributed by atoms with van der Waals surface area (Å²) in [5.41, 5.74) is 5.27. The zero-order valence-electron chi connectivity index (χ0n) is 20.3. The lowest BCUT2D eigenvalue weighted by atomic mass is 9.95. The van der Waals surface area contributed by atoms with Crippen LogP contribution in [0.1, 0.15) is 55.1 Å². The van der Waals surface area contributed by atoms with Gasteiger partial charge >= 0.3 is 23.8 Å². The second-order valence-corrected chi connectivity index (χ2v) is 9.44. The lowest BCUT2D eigenvalue weighted by molar-refractivity contribution is -0.136. The zero-order chi connectivity index (χ0) is 26.4. The lowest BCUT2D eigenvalue weighted by Crippen LogP contribution is -2.32. The van der Waals surface area contributed by atoms with E-state index in [1.54, 1.807) is 36.4 Å². The van der Waals surface area contributed by atoms with E-state index in [2.05, 4.69) is 15.8 Å². The van der Waals surface area contributed by atoms with Gasteiger partial charge in [0.1, 0.15) is 10.8 Å². The van der Waals surface area contributed by atoms with Crippen molar-refractivity contribution in [3.8, 4) is 5.75 Å². The highest BCUT2D eigenvalue weighted by Gasteiger charge is 2.28. The van der Waals surface area contributed by atoms with E-state index in [9.17, 15) is 19.2 Å². The van der Waals surface area contributed by atoms with Crippen LogP contribution in [0.5, 0.6) is 5.75 Å². The Morgan fingerprint density at radius 3 is 2.41 bits per heavy atom. The van der Waals surface area contributed by atoms with Gasteiger partial charge in [-0.1, -0.05) is 18.2 Å². The summed E-state index contributed by atoms with van der Waals surface area (Å²) in [7, 11) is 1.28. The third kappa shape index (κ3) is 6.10. The molecule has 1 aliphatic rings. The van der Waals surface area contributed by atoms with E-state index in [-0.39, 0.29) is 0 Å². The normalized spacial score (nSPS) is 12.5. The van der Waals surface area contributed by atoms with E-state index >= 15 is 0 Å². The predicted octanol–water partition coefficient (Wildman–Crippen LogP) is 4.03. The number of methoxy groups -OCH3 is 1. The van der Waals surface area contributed by atoms with Crippen molar-refractivity contribution in [1.82, 2.24) is 5.43 Å². The number of nitrogens with zero attached hydrogens (tertiary/aromatic N) is 1. The van der Waals surface area contributed by atoms with Crippen molar-refractivity contribution in [3.63, 3.8) is 0 Å². The Morgan fingerprint density at radius 2 is 1.68 bits per heavy atom. The minimum atomic E-state index is -0.984. The molecule has 0 unspecified atom stereocenters. The van der Waals surface area contributed by atoms with E-state index in [1.165, 1.54) is 24.7 Å². The average Bonchev–Trinajstić information content (AvgIpc) is 3.27. The van der Waals surface area contributed by atoms with Crippen LogP contribution in [-0.2, 0) is 27.2 Å². The van der Waals surface area contributed by atoms with Crippen molar-refractivity contribution in [2.24, 2.45) is 5.10 Å². The molecule has 1 heterocycles. The molecule has 190 valence electrons. The molecule has 0 spiro atoms. The largest absolute Gasteiger partial charge is 0.465 e. The van der Waals surface area contributed by atoms with Crippen molar-refractivity contribution < 1.29 is 28.7 Å². The third-order valence-electron chi connectivity index (χ3n) is 5.83. The summed E-state index contributed by atoms with van der Waals surface area (Å²) in [6.07, 6.45) is 4.86. The maximum Gasteiger partial charge on any atom is 0.343 e. The van der Waals surface area contributed by atoms with Crippen molar-refractivity contribution in [1.29, 1.82) is 0 Å². The van der Waals surface area contributed by atoms with Crippen molar-refractivity contribution in [2.45, 2.75) is 32.6 Å². The molecule has 2 aromatic carbocycles. The summed E-state index contributed by atoms with van der Waals surface area (Å²) in [6, 6.07) is 13.6. The Kier molecular flexibility index (Phi) is 8.09. The van der Waals surface area contributed by atoms with Crippen LogP contribution in [-0.4, -0.2) is 37.1 Å². The second-order valence-electron chi connectivity index (χ2n) is 8.33. The number of aryl methyl sites for hydroxylation is 2. The predicted molar refractivity (Wildman–Crippen MR) is 139 cm³/mol. The molecule has 1 aliphatic carbocycles. The van der Waals surface area contributed by atoms with Crippen LogP contribution >= 0.6 is 11.3 Å². The van der Waals surface area contributed by atoms with E-state index < -0.39 is 23.8 Å². The smallest absolute Gasteiger partial charge is 0.343 e.